The molecule has 2 aromatic rings. The number of aromatic nitrogens is 3. The molecule has 0 amide bonds. The second-order valence-corrected chi connectivity index (χ2v) is 4.30. The van der Waals surface area contributed by atoms with Gasteiger partial charge in [0.25, 0.3) is 0 Å². The summed E-state index contributed by atoms with van der Waals surface area (Å²) in [5, 5.41) is 3.65. The molecule has 0 aliphatic carbocycles. The number of hydrogen-bond donors (Lipinski definition) is 1. The quantitative estimate of drug-likeness (QED) is 0.923. The summed E-state index contributed by atoms with van der Waals surface area (Å²) in [4.78, 5) is 13.2. The number of rotatable bonds is 3. The number of pyridine rings is 1. The lowest BCUT2D eigenvalue weighted by Crippen LogP contribution is -2.05. The average Bonchev–Trinajstić information content (AvgIpc) is 2.38. The third kappa shape index (κ3) is 2.29. The Morgan fingerprint density at radius 3 is 2.72 bits per heavy atom. The van der Waals surface area contributed by atoms with Crippen molar-refractivity contribution >= 4 is 17.4 Å². The number of hydrogen-bond acceptors (Lipinski definition) is 4. The summed E-state index contributed by atoms with van der Waals surface area (Å²) >= 11 is 6.12. The van der Waals surface area contributed by atoms with Crippen molar-refractivity contribution < 1.29 is 0 Å². The lowest BCUT2D eigenvalue weighted by atomic mass is 10.1. The van der Waals surface area contributed by atoms with Crippen LogP contribution in [0.2, 0.25) is 5.02 Å². The summed E-state index contributed by atoms with van der Waals surface area (Å²) in [7, 11) is 1.85. The van der Waals surface area contributed by atoms with Crippen LogP contribution in [0.25, 0.3) is 11.5 Å². The fourth-order valence-electron chi connectivity index (χ4n) is 1.88. The van der Waals surface area contributed by atoms with E-state index in [0.717, 1.165) is 23.5 Å². The van der Waals surface area contributed by atoms with Gasteiger partial charge in [0.15, 0.2) is 5.82 Å². The van der Waals surface area contributed by atoms with E-state index in [0.29, 0.717) is 16.5 Å². The van der Waals surface area contributed by atoms with Crippen molar-refractivity contribution in [3.05, 3.63) is 34.6 Å². The van der Waals surface area contributed by atoms with Crippen LogP contribution in [0.5, 0.6) is 0 Å². The molecule has 0 spiro atoms. The van der Waals surface area contributed by atoms with E-state index in [1.54, 1.807) is 18.3 Å². The van der Waals surface area contributed by atoms with Crippen molar-refractivity contribution in [3.63, 3.8) is 0 Å². The van der Waals surface area contributed by atoms with E-state index < -0.39 is 0 Å². The minimum Gasteiger partial charge on any atom is -0.373 e. The van der Waals surface area contributed by atoms with E-state index in [2.05, 4.69) is 27.2 Å². The normalized spacial score (nSPS) is 10.4. The molecule has 0 radical (unpaired) electrons. The van der Waals surface area contributed by atoms with Gasteiger partial charge >= 0.3 is 0 Å². The highest BCUT2D eigenvalue weighted by Gasteiger charge is 2.13. The minimum atomic E-state index is 0.555. The fraction of sp³-hybridized carbons (Fsp3) is 0.308. The largest absolute Gasteiger partial charge is 0.373 e. The molecule has 0 unspecified atom stereocenters. The van der Waals surface area contributed by atoms with E-state index in [4.69, 9.17) is 11.6 Å². The maximum atomic E-state index is 6.12. The molecule has 0 saturated heterocycles. The Morgan fingerprint density at radius 1 is 1.33 bits per heavy atom. The summed E-state index contributed by atoms with van der Waals surface area (Å²) in [5.74, 6) is 1.39. The number of nitrogens with one attached hydrogen (secondary N) is 1. The third-order valence-electron chi connectivity index (χ3n) is 2.77. The minimum absolute atomic E-state index is 0.555. The maximum absolute atomic E-state index is 6.12. The molecule has 0 aliphatic rings. The zero-order valence-electron chi connectivity index (χ0n) is 10.7. The SMILES string of the molecule is CCc1c(C)nc(-c2ncccc2Cl)nc1NC. The monoisotopic (exact) mass is 262 g/mol. The van der Waals surface area contributed by atoms with Crippen molar-refractivity contribution in [1.82, 2.24) is 15.0 Å². The topological polar surface area (TPSA) is 50.7 Å². The second kappa shape index (κ2) is 5.31. The number of halogens is 1. The van der Waals surface area contributed by atoms with Gasteiger partial charge < -0.3 is 5.32 Å². The molecule has 2 rings (SSSR count). The summed E-state index contributed by atoms with van der Waals surface area (Å²) in [5.41, 5.74) is 2.68. The van der Waals surface area contributed by atoms with Crippen LogP contribution in [0.3, 0.4) is 0 Å². The Bertz CT molecular complexity index is 569. The highest BCUT2D eigenvalue weighted by molar-refractivity contribution is 6.32. The van der Waals surface area contributed by atoms with Gasteiger partial charge in [-0.05, 0) is 25.5 Å². The predicted octanol–water partition coefficient (Wildman–Crippen LogP) is 3.10. The van der Waals surface area contributed by atoms with Crippen LogP contribution in [-0.2, 0) is 6.42 Å². The number of anilines is 1. The first-order valence-electron chi connectivity index (χ1n) is 5.83. The highest BCUT2D eigenvalue weighted by Crippen LogP contribution is 2.25. The van der Waals surface area contributed by atoms with Gasteiger partial charge in [0.1, 0.15) is 11.5 Å². The van der Waals surface area contributed by atoms with Crippen molar-refractivity contribution in [3.8, 4) is 11.5 Å². The van der Waals surface area contributed by atoms with Gasteiger partial charge in [0.2, 0.25) is 0 Å². The molecule has 0 saturated carbocycles. The predicted molar refractivity (Wildman–Crippen MR) is 73.9 cm³/mol. The van der Waals surface area contributed by atoms with Gasteiger partial charge in [-0.3, -0.25) is 4.98 Å². The van der Waals surface area contributed by atoms with Crippen LogP contribution in [0.15, 0.2) is 18.3 Å². The molecule has 0 fully saturated rings. The van der Waals surface area contributed by atoms with Crippen LogP contribution in [0, 0.1) is 6.92 Å². The van der Waals surface area contributed by atoms with Gasteiger partial charge in [-0.2, -0.15) is 0 Å². The van der Waals surface area contributed by atoms with E-state index in [1.807, 2.05) is 14.0 Å². The van der Waals surface area contributed by atoms with E-state index in [9.17, 15) is 0 Å². The Labute approximate surface area is 111 Å². The molecule has 94 valence electrons. The summed E-state index contributed by atoms with van der Waals surface area (Å²) in [6.45, 7) is 4.06. The standard InChI is InChI=1S/C13H15ClN4/c1-4-9-8(2)17-13(18-12(9)15-3)11-10(14)6-5-7-16-11/h5-7H,4H2,1-3H3,(H,15,17,18). The number of nitrogens with zero attached hydrogens (tertiary/aromatic N) is 3. The Balaban J connectivity index is 2.60. The van der Waals surface area contributed by atoms with Gasteiger partial charge in [-0.1, -0.05) is 18.5 Å². The second-order valence-electron chi connectivity index (χ2n) is 3.90. The fourth-order valence-corrected chi connectivity index (χ4v) is 2.09. The summed E-state index contributed by atoms with van der Waals surface area (Å²) in [6, 6.07) is 3.58. The lowest BCUT2D eigenvalue weighted by molar-refractivity contribution is 0.996. The zero-order chi connectivity index (χ0) is 13.1. The van der Waals surface area contributed by atoms with E-state index in [-0.39, 0.29) is 0 Å². The Hall–Kier alpha value is -1.68. The molecule has 0 aromatic carbocycles. The smallest absolute Gasteiger partial charge is 0.181 e. The van der Waals surface area contributed by atoms with E-state index >= 15 is 0 Å². The molecule has 0 bridgehead atoms. The molecule has 4 nitrogen and oxygen atoms in total. The Kier molecular flexibility index (Phi) is 3.77. The van der Waals surface area contributed by atoms with Crippen molar-refractivity contribution in [1.29, 1.82) is 0 Å². The molecule has 0 aliphatic heterocycles. The van der Waals surface area contributed by atoms with Crippen LogP contribution in [-0.4, -0.2) is 22.0 Å². The average molecular weight is 263 g/mol. The van der Waals surface area contributed by atoms with Crippen LogP contribution in [0.1, 0.15) is 18.2 Å². The molecule has 1 N–H and O–H groups in total. The van der Waals surface area contributed by atoms with Gasteiger partial charge in [-0.25, -0.2) is 9.97 Å². The van der Waals surface area contributed by atoms with Crippen LogP contribution in [0.4, 0.5) is 5.82 Å². The van der Waals surface area contributed by atoms with Gasteiger partial charge in [0.05, 0.1) is 5.02 Å². The summed E-state index contributed by atoms with van der Waals surface area (Å²) < 4.78 is 0. The summed E-state index contributed by atoms with van der Waals surface area (Å²) in [6.07, 6.45) is 2.57. The van der Waals surface area contributed by atoms with Crippen LogP contribution < -0.4 is 5.32 Å². The van der Waals surface area contributed by atoms with Gasteiger partial charge in [0, 0.05) is 24.5 Å². The molecule has 2 aromatic heterocycles. The first kappa shape index (κ1) is 12.8. The first-order chi connectivity index (χ1) is 8.67. The first-order valence-corrected chi connectivity index (χ1v) is 6.21. The van der Waals surface area contributed by atoms with Crippen molar-refractivity contribution in [2.45, 2.75) is 20.3 Å². The maximum Gasteiger partial charge on any atom is 0.181 e. The third-order valence-corrected chi connectivity index (χ3v) is 3.08. The molecular formula is C13H15ClN4. The molecular weight excluding hydrogens is 248 g/mol. The molecule has 0 atom stereocenters. The molecule has 5 heteroatoms. The molecule has 2 heterocycles. The van der Waals surface area contributed by atoms with E-state index in [1.165, 1.54) is 0 Å². The zero-order valence-corrected chi connectivity index (χ0v) is 11.4. The Morgan fingerprint density at radius 2 is 2.11 bits per heavy atom. The number of aryl methyl sites for hydroxylation is 1. The van der Waals surface area contributed by atoms with Crippen molar-refractivity contribution in [2.24, 2.45) is 0 Å². The highest BCUT2D eigenvalue weighted by atomic mass is 35.5. The molecule has 18 heavy (non-hydrogen) atoms. The van der Waals surface area contributed by atoms with Gasteiger partial charge in [-0.15, -0.1) is 0 Å². The van der Waals surface area contributed by atoms with Crippen molar-refractivity contribution in [2.75, 3.05) is 12.4 Å². The lowest BCUT2D eigenvalue weighted by Gasteiger charge is -2.11. The van der Waals surface area contributed by atoms with Crippen LogP contribution >= 0.6 is 11.6 Å².